The number of halogens is 2. The molecule has 0 aliphatic rings. The molecule has 5 nitrogen and oxygen atoms in total. The van der Waals surface area contributed by atoms with Crippen LogP contribution < -0.4 is 16.6 Å². The maximum Gasteiger partial charge on any atom is 0.239 e. The average Bonchev–Trinajstić information content (AvgIpc) is 2.43. The third-order valence-electron chi connectivity index (χ3n) is 2.57. The van der Waals surface area contributed by atoms with Crippen LogP contribution in [0, 0.1) is 0 Å². The maximum atomic E-state index is 6.06. The van der Waals surface area contributed by atoms with E-state index in [1.807, 2.05) is 12.1 Å². The number of anilines is 3. The summed E-state index contributed by atoms with van der Waals surface area (Å²) in [7, 11) is 0. The highest BCUT2D eigenvalue weighted by molar-refractivity contribution is 9.10. The molecule has 0 radical (unpaired) electrons. The molecule has 0 atom stereocenters. The van der Waals surface area contributed by atoms with Gasteiger partial charge in [-0.25, -0.2) is 10.8 Å². The van der Waals surface area contributed by atoms with Gasteiger partial charge in [0.25, 0.3) is 0 Å². The zero-order chi connectivity index (χ0) is 13.8. The lowest BCUT2D eigenvalue weighted by atomic mass is 10.1. The zero-order valence-corrected chi connectivity index (χ0v) is 12.6. The first-order chi connectivity index (χ1) is 9.13. The summed E-state index contributed by atoms with van der Waals surface area (Å²) in [5.41, 5.74) is 4.50. The lowest BCUT2D eigenvalue weighted by Gasteiger charge is -2.12. The Bertz CT molecular complexity index is 590. The number of nitrogens with one attached hydrogen (secondary N) is 2. The quantitative estimate of drug-likeness (QED) is 0.586. The first-order valence-electron chi connectivity index (χ1n) is 5.68. The fourth-order valence-corrected chi connectivity index (χ4v) is 2.18. The Morgan fingerprint density at radius 1 is 1.42 bits per heavy atom. The second kappa shape index (κ2) is 6.18. The van der Waals surface area contributed by atoms with Gasteiger partial charge < -0.3 is 5.32 Å². The molecule has 0 fully saturated rings. The van der Waals surface area contributed by atoms with E-state index in [-0.39, 0.29) is 0 Å². The number of rotatable bonds is 4. The van der Waals surface area contributed by atoms with Gasteiger partial charge in [0.05, 0.1) is 6.20 Å². The van der Waals surface area contributed by atoms with Gasteiger partial charge in [-0.05, 0) is 30.2 Å². The summed E-state index contributed by atoms with van der Waals surface area (Å²) >= 11 is 9.52. The van der Waals surface area contributed by atoms with Crippen molar-refractivity contribution in [3.63, 3.8) is 0 Å². The molecule has 0 spiro atoms. The maximum absolute atomic E-state index is 6.06. The molecular weight excluding hydrogens is 330 g/mol. The van der Waals surface area contributed by atoms with Gasteiger partial charge in [-0.3, -0.25) is 5.43 Å². The van der Waals surface area contributed by atoms with Crippen molar-refractivity contribution >= 4 is 45.0 Å². The van der Waals surface area contributed by atoms with Crippen LogP contribution in [0.25, 0.3) is 0 Å². The largest absolute Gasteiger partial charge is 0.339 e. The molecule has 0 bridgehead atoms. The molecule has 0 unspecified atom stereocenters. The average molecular weight is 343 g/mol. The second-order valence-electron chi connectivity index (χ2n) is 3.81. The molecule has 0 saturated carbocycles. The number of aromatic nitrogens is 2. The summed E-state index contributed by atoms with van der Waals surface area (Å²) in [5.74, 6) is 6.11. The van der Waals surface area contributed by atoms with Gasteiger partial charge in [0, 0.05) is 10.2 Å². The molecule has 4 N–H and O–H groups in total. The van der Waals surface area contributed by atoms with Gasteiger partial charge in [0.2, 0.25) is 5.95 Å². The Hall–Kier alpha value is -1.37. The minimum Gasteiger partial charge on any atom is -0.339 e. The molecule has 19 heavy (non-hydrogen) atoms. The lowest BCUT2D eigenvalue weighted by molar-refractivity contribution is 1.11. The van der Waals surface area contributed by atoms with Gasteiger partial charge in [0.15, 0.2) is 5.82 Å². The topological polar surface area (TPSA) is 75.9 Å². The molecule has 1 aromatic carbocycles. The minimum absolute atomic E-state index is 0.307. The highest BCUT2D eigenvalue weighted by Crippen LogP contribution is 2.27. The van der Waals surface area contributed by atoms with E-state index in [1.54, 1.807) is 0 Å². The Morgan fingerprint density at radius 3 is 2.89 bits per heavy atom. The highest BCUT2D eigenvalue weighted by atomic mass is 79.9. The van der Waals surface area contributed by atoms with Crippen LogP contribution in [0.2, 0.25) is 5.02 Å². The van der Waals surface area contributed by atoms with E-state index in [4.69, 9.17) is 17.4 Å². The summed E-state index contributed by atoms with van der Waals surface area (Å²) in [6.45, 7) is 2.08. The third kappa shape index (κ3) is 3.34. The molecule has 0 aliphatic heterocycles. The summed E-state index contributed by atoms with van der Waals surface area (Å²) in [4.78, 5) is 8.11. The monoisotopic (exact) mass is 341 g/mol. The van der Waals surface area contributed by atoms with Crippen molar-refractivity contribution in [3.05, 3.63) is 39.5 Å². The first kappa shape index (κ1) is 14.0. The number of benzene rings is 1. The van der Waals surface area contributed by atoms with Crippen molar-refractivity contribution in [1.82, 2.24) is 9.97 Å². The van der Waals surface area contributed by atoms with E-state index in [2.05, 4.69) is 49.6 Å². The van der Waals surface area contributed by atoms with E-state index < -0.39 is 0 Å². The molecule has 1 heterocycles. The summed E-state index contributed by atoms with van der Waals surface area (Å²) in [6, 6.07) is 5.98. The molecule has 7 heteroatoms. The van der Waals surface area contributed by atoms with Crippen LogP contribution in [0.4, 0.5) is 17.5 Å². The first-order valence-corrected chi connectivity index (χ1v) is 6.85. The molecule has 2 aromatic rings. The number of nitrogens with two attached hydrogens (primary N) is 1. The lowest BCUT2D eigenvalue weighted by Crippen LogP contribution is -2.11. The summed E-state index contributed by atoms with van der Waals surface area (Å²) in [5, 5.41) is 3.63. The van der Waals surface area contributed by atoms with Crippen LogP contribution in [0.1, 0.15) is 12.5 Å². The van der Waals surface area contributed by atoms with Gasteiger partial charge >= 0.3 is 0 Å². The van der Waals surface area contributed by atoms with E-state index in [0.29, 0.717) is 16.8 Å². The van der Waals surface area contributed by atoms with Gasteiger partial charge in [-0.2, -0.15) is 4.98 Å². The second-order valence-corrected chi connectivity index (χ2v) is 5.14. The molecule has 0 saturated heterocycles. The van der Waals surface area contributed by atoms with Crippen molar-refractivity contribution in [2.75, 3.05) is 10.7 Å². The molecule has 2 rings (SSSR count). The fraction of sp³-hybridized carbons (Fsp3) is 0.167. The van der Waals surface area contributed by atoms with E-state index in [9.17, 15) is 0 Å². The predicted octanol–water partition coefficient (Wildman–Crippen LogP) is 3.48. The van der Waals surface area contributed by atoms with Crippen LogP contribution in [-0.2, 0) is 6.42 Å². The Kier molecular flexibility index (Phi) is 4.57. The van der Waals surface area contributed by atoms with E-state index in [0.717, 1.165) is 22.1 Å². The number of hydrazine groups is 1. The van der Waals surface area contributed by atoms with Crippen LogP contribution >= 0.6 is 27.5 Å². The Morgan fingerprint density at radius 2 is 2.21 bits per heavy atom. The zero-order valence-electron chi connectivity index (χ0n) is 10.2. The number of hydrogen-bond acceptors (Lipinski definition) is 5. The van der Waals surface area contributed by atoms with E-state index >= 15 is 0 Å². The highest BCUT2D eigenvalue weighted by Gasteiger charge is 2.08. The van der Waals surface area contributed by atoms with Crippen LogP contribution in [0.15, 0.2) is 28.9 Å². The van der Waals surface area contributed by atoms with Crippen molar-refractivity contribution in [2.24, 2.45) is 5.84 Å². The van der Waals surface area contributed by atoms with Crippen LogP contribution in [-0.4, -0.2) is 9.97 Å². The third-order valence-corrected chi connectivity index (χ3v) is 3.34. The molecule has 0 amide bonds. The standard InChI is InChI=1S/C12H13BrClN5/c1-2-7-5-8(13)3-4-10(7)17-11-9(14)6-16-12(18-11)19-15/h3-6H,2,15H2,1H3,(H2,16,17,18,19). The minimum atomic E-state index is 0.307. The fourth-order valence-electron chi connectivity index (χ4n) is 1.63. The normalized spacial score (nSPS) is 10.3. The number of aryl methyl sites for hydroxylation is 1. The van der Waals surface area contributed by atoms with Crippen molar-refractivity contribution < 1.29 is 0 Å². The van der Waals surface area contributed by atoms with Gasteiger partial charge in [-0.1, -0.05) is 34.5 Å². The molecule has 100 valence electrons. The van der Waals surface area contributed by atoms with Crippen molar-refractivity contribution in [2.45, 2.75) is 13.3 Å². The van der Waals surface area contributed by atoms with Gasteiger partial charge in [-0.15, -0.1) is 0 Å². The smallest absolute Gasteiger partial charge is 0.239 e. The van der Waals surface area contributed by atoms with Gasteiger partial charge in [0.1, 0.15) is 5.02 Å². The van der Waals surface area contributed by atoms with Crippen molar-refractivity contribution in [1.29, 1.82) is 0 Å². The SMILES string of the molecule is CCc1cc(Br)ccc1Nc1nc(NN)ncc1Cl. The van der Waals surface area contributed by atoms with E-state index in [1.165, 1.54) is 6.20 Å². The summed E-state index contributed by atoms with van der Waals surface area (Å²) < 4.78 is 1.04. The number of nitrogens with zero attached hydrogens (tertiary/aromatic N) is 2. The predicted molar refractivity (Wildman–Crippen MR) is 81.7 cm³/mol. The summed E-state index contributed by atoms with van der Waals surface area (Å²) in [6.07, 6.45) is 2.39. The molecular formula is C12H13BrClN5. The van der Waals surface area contributed by atoms with Crippen LogP contribution in [0.5, 0.6) is 0 Å². The number of hydrogen-bond donors (Lipinski definition) is 3. The number of nitrogen functional groups attached to an aromatic ring is 1. The van der Waals surface area contributed by atoms with Crippen LogP contribution in [0.3, 0.4) is 0 Å². The molecule has 0 aliphatic carbocycles. The Labute approximate surface area is 124 Å². The Balaban J connectivity index is 2.35. The van der Waals surface area contributed by atoms with Crippen molar-refractivity contribution in [3.8, 4) is 0 Å². The molecule has 1 aromatic heterocycles.